The van der Waals surface area contributed by atoms with Gasteiger partial charge in [0, 0.05) is 15.4 Å². The van der Waals surface area contributed by atoms with Gasteiger partial charge in [-0.2, -0.15) is 0 Å². The minimum atomic E-state index is -0.469. The van der Waals surface area contributed by atoms with Gasteiger partial charge in [-0.25, -0.2) is 4.79 Å². The van der Waals surface area contributed by atoms with Gasteiger partial charge in [0.1, 0.15) is 16.3 Å². The number of carbonyl (C=O) groups excluding carboxylic acids is 2. The molecular formula is C23H21Br2NO4S. The number of aryl methyl sites for hydroxylation is 2. The average Bonchev–Trinajstić information content (AvgIpc) is 3.13. The number of nitrogens with one attached hydrogen (secondary N) is 1. The third-order valence-corrected chi connectivity index (χ3v) is 6.60. The van der Waals surface area contributed by atoms with Crippen molar-refractivity contribution in [1.82, 2.24) is 0 Å². The molecule has 162 valence electrons. The molecule has 3 aromatic rings. The zero-order valence-electron chi connectivity index (χ0n) is 17.3. The van der Waals surface area contributed by atoms with Crippen LogP contribution in [-0.2, 0) is 9.53 Å². The van der Waals surface area contributed by atoms with Crippen LogP contribution in [0.2, 0.25) is 0 Å². The first-order valence-corrected chi connectivity index (χ1v) is 12.0. The number of hydrogen-bond donors (Lipinski definition) is 1. The molecule has 1 heterocycles. The summed E-state index contributed by atoms with van der Waals surface area (Å²) in [5.41, 5.74) is 4.28. The second kappa shape index (κ2) is 10.4. The van der Waals surface area contributed by atoms with Gasteiger partial charge in [-0.1, -0.05) is 34.1 Å². The summed E-state index contributed by atoms with van der Waals surface area (Å²) in [6, 6.07) is 11.4. The third kappa shape index (κ3) is 5.75. The number of hydrogen-bond acceptors (Lipinski definition) is 5. The molecule has 0 saturated carbocycles. The standard InChI is InChI=1S/C23H21Br2NO4S/c1-4-29-23(28)21-17(15-6-5-13(2)14(3)9-15)12-31-22(21)26-20(27)11-30-19-8-7-16(24)10-18(19)25/h5-10,12H,4,11H2,1-3H3,(H,26,27). The molecule has 1 aromatic heterocycles. The summed E-state index contributed by atoms with van der Waals surface area (Å²) in [6.07, 6.45) is 0. The highest BCUT2D eigenvalue weighted by Gasteiger charge is 2.23. The van der Waals surface area contributed by atoms with Gasteiger partial charge >= 0.3 is 5.97 Å². The van der Waals surface area contributed by atoms with Crippen molar-refractivity contribution >= 4 is 60.1 Å². The molecule has 0 radical (unpaired) electrons. The molecule has 5 nitrogen and oxygen atoms in total. The number of ether oxygens (including phenoxy) is 2. The highest BCUT2D eigenvalue weighted by atomic mass is 79.9. The van der Waals surface area contributed by atoms with Crippen molar-refractivity contribution in [1.29, 1.82) is 0 Å². The Morgan fingerprint density at radius 2 is 1.84 bits per heavy atom. The molecule has 0 atom stereocenters. The van der Waals surface area contributed by atoms with E-state index in [2.05, 4.69) is 37.2 Å². The Kier molecular flexibility index (Phi) is 7.91. The zero-order valence-corrected chi connectivity index (χ0v) is 21.2. The van der Waals surface area contributed by atoms with Crippen LogP contribution in [0.5, 0.6) is 5.75 Å². The maximum Gasteiger partial charge on any atom is 0.341 e. The van der Waals surface area contributed by atoms with Crippen molar-refractivity contribution in [2.75, 3.05) is 18.5 Å². The van der Waals surface area contributed by atoms with E-state index in [0.717, 1.165) is 25.6 Å². The lowest BCUT2D eigenvalue weighted by atomic mass is 9.99. The van der Waals surface area contributed by atoms with Crippen molar-refractivity contribution in [3.8, 4) is 16.9 Å². The van der Waals surface area contributed by atoms with Gasteiger partial charge in [-0.15, -0.1) is 11.3 Å². The summed E-state index contributed by atoms with van der Waals surface area (Å²) in [5, 5.41) is 5.10. The van der Waals surface area contributed by atoms with Crippen LogP contribution in [0.25, 0.3) is 11.1 Å². The lowest BCUT2D eigenvalue weighted by Gasteiger charge is -2.11. The normalized spacial score (nSPS) is 10.6. The number of esters is 1. The molecule has 0 unspecified atom stereocenters. The lowest BCUT2D eigenvalue weighted by molar-refractivity contribution is -0.118. The van der Waals surface area contributed by atoms with E-state index in [1.54, 1.807) is 13.0 Å². The van der Waals surface area contributed by atoms with E-state index in [4.69, 9.17) is 9.47 Å². The van der Waals surface area contributed by atoms with Crippen LogP contribution in [0.3, 0.4) is 0 Å². The Hall–Kier alpha value is -2.16. The lowest BCUT2D eigenvalue weighted by Crippen LogP contribution is -2.21. The molecule has 0 aliphatic heterocycles. The summed E-state index contributed by atoms with van der Waals surface area (Å²) in [4.78, 5) is 25.2. The van der Waals surface area contributed by atoms with E-state index >= 15 is 0 Å². The predicted octanol–water partition coefficient (Wildman–Crippen LogP) is 6.75. The summed E-state index contributed by atoms with van der Waals surface area (Å²) < 4.78 is 12.5. The minimum Gasteiger partial charge on any atom is -0.483 e. The Morgan fingerprint density at radius 1 is 1.06 bits per heavy atom. The van der Waals surface area contributed by atoms with E-state index in [1.807, 2.05) is 49.6 Å². The van der Waals surface area contributed by atoms with Gasteiger partial charge in [-0.05, 0) is 71.6 Å². The van der Waals surface area contributed by atoms with Crippen molar-refractivity contribution in [3.05, 3.63) is 67.4 Å². The second-order valence-electron chi connectivity index (χ2n) is 6.78. The van der Waals surface area contributed by atoms with Gasteiger partial charge in [0.05, 0.1) is 11.1 Å². The molecule has 2 aromatic carbocycles. The highest BCUT2D eigenvalue weighted by molar-refractivity contribution is 9.11. The fourth-order valence-electron chi connectivity index (χ4n) is 2.88. The number of halogens is 2. The van der Waals surface area contributed by atoms with Crippen LogP contribution in [-0.4, -0.2) is 25.1 Å². The summed E-state index contributed by atoms with van der Waals surface area (Å²) in [7, 11) is 0. The number of benzene rings is 2. The molecule has 0 bridgehead atoms. The first-order chi connectivity index (χ1) is 14.8. The fraction of sp³-hybridized carbons (Fsp3) is 0.217. The summed E-state index contributed by atoms with van der Waals surface area (Å²) >= 11 is 8.07. The number of amides is 1. The van der Waals surface area contributed by atoms with Gasteiger partial charge in [0.2, 0.25) is 0 Å². The first kappa shape index (κ1) is 23.5. The molecule has 8 heteroatoms. The number of anilines is 1. The van der Waals surface area contributed by atoms with Gasteiger partial charge in [-0.3, -0.25) is 4.79 Å². The van der Waals surface area contributed by atoms with Crippen LogP contribution in [0, 0.1) is 13.8 Å². The quantitative estimate of drug-likeness (QED) is 0.321. The van der Waals surface area contributed by atoms with Gasteiger partial charge in [0.25, 0.3) is 5.91 Å². The minimum absolute atomic E-state index is 0.195. The van der Waals surface area contributed by atoms with E-state index < -0.39 is 5.97 Å². The maximum absolute atomic E-state index is 12.7. The Bertz CT molecular complexity index is 1130. The number of carbonyl (C=O) groups is 2. The highest BCUT2D eigenvalue weighted by Crippen LogP contribution is 2.37. The molecule has 1 N–H and O–H groups in total. The van der Waals surface area contributed by atoms with Crippen LogP contribution >= 0.6 is 43.2 Å². The van der Waals surface area contributed by atoms with Crippen LogP contribution in [0.1, 0.15) is 28.4 Å². The largest absolute Gasteiger partial charge is 0.483 e. The molecule has 31 heavy (non-hydrogen) atoms. The average molecular weight is 567 g/mol. The topological polar surface area (TPSA) is 64.6 Å². The van der Waals surface area contributed by atoms with E-state index in [-0.39, 0.29) is 19.1 Å². The number of thiophene rings is 1. The van der Waals surface area contributed by atoms with Crippen molar-refractivity contribution in [2.24, 2.45) is 0 Å². The Morgan fingerprint density at radius 3 is 2.52 bits per heavy atom. The molecular weight excluding hydrogens is 546 g/mol. The fourth-order valence-corrected chi connectivity index (χ4v) is 5.01. The smallest absolute Gasteiger partial charge is 0.341 e. The van der Waals surface area contributed by atoms with Crippen molar-refractivity contribution < 1.29 is 19.1 Å². The van der Waals surface area contributed by atoms with E-state index in [0.29, 0.717) is 16.3 Å². The van der Waals surface area contributed by atoms with Gasteiger partial charge < -0.3 is 14.8 Å². The van der Waals surface area contributed by atoms with Crippen LogP contribution in [0.4, 0.5) is 5.00 Å². The van der Waals surface area contributed by atoms with Crippen LogP contribution in [0.15, 0.2) is 50.7 Å². The molecule has 1 amide bonds. The molecule has 3 rings (SSSR count). The maximum atomic E-state index is 12.7. The zero-order chi connectivity index (χ0) is 22.5. The summed E-state index contributed by atoms with van der Waals surface area (Å²) in [6.45, 7) is 5.86. The van der Waals surface area contributed by atoms with Crippen LogP contribution < -0.4 is 10.1 Å². The number of rotatable bonds is 7. The SMILES string of the molecule is CCOC(=O)c1c(-c2ccc(C)c(C)c2)csc1NC(=O)COc1ccc(Br)cc1Br. The van der Waals surface area contributed by atoms with Crippen molar-refractivity contribution in [2.45, 2.75) is 20.8 Å². The van der Waals surface area contributed by atoms with Gasteiger partial charge in [0.15, 0.2) is 6.61 Å². The molecule has 0 saturated heterocycles. The first-order valence-electron chi connectivity index (χ1n) is 9.54. The van der Waals surface area contributed by atoms with E-state index in [1.165, 1.54) is 16.9 Å². The monoisotopic (exact) mass is 565 g/mol. The Balaban J connectivity index is 1.83. The predicted molar refractivity (Wildman–Crippen MR) is 131 cm³/mol. The Labute approximate surface area is 202 Å². The molecule has 0 spiro atoms. The molecule has 0 aliphatic carbocycles. The second-order valence-corrected chi connectivity index (χ2v) is 9.43. The third-order valence-electron chi connectivity index (χ3n) is 4.59. The summed E-state index contributed by atoms with van der Waals surface area (Å²) in [5.74, 6) is -0.288. The molecule has 0 fully saturated rings. The van der Waals surface area contributed by atoms with Crippen molar-refractivity contribution in [3.63, 3.8) is 0 Å². The van der Waals surface area contributed by atoms with E-state index in [9.17, 15) is 9.59 Å². The molecule has 0 aliphatic rings.